The van der Waals surface area contributed by atoms with Gasteiger partial charge in [-0.15, -0.1) is 0 Å². The summed E-state index contributed by atoms with van der Waals surface area (Å²) in [5, 5.41) is 3.74. The van der Waals surface area contributed by atoms with Crippen LogP contribution in [0, 0.1) is 11.8 Å². The highest BCUT2D eigenvalue weighted by Crippen LogP contribution is 2.14. The number of hydrogen-bond donors (Lipinski definition) is 2. The molecular formula is C20H17N3O. The minimum atomic E-state index is -0.0966. The van der Waals surface area contributed by atoms with Gasteiger partial charge in [-0.3, -0.25) is 4.79 Å². The van der Waals surface area contributed by atoms with Crippen LogP contribution in [0.25, 0.3) is 17.1 Å². The molecule has 0 saturated carbocycles. The van der Waals surface area contributed by atoms with Crippen molar-refractivity contribution >= 4 is 23.0 Å². The fraction of sp³-hybridized carbons (Fsp3) is 0.100. The molecule has 0 atom stereocenters. The number of amides is 1. The van der Waals surface area contributed by atoms with Crippen LogP contribution in [0.4, 0.5) is 0 Å². The van der Waals surface area contributed by atoms with Gasteiger partial charge in [0.05, 0.1) is 0 Å². The van der Waals surface area contributed by atoms with Crippen molar-refractivity contribution in [2.45, 2.75) is 6.92 Å². The molecule has 0 radical (unpaired) electrons. The van der Waals surface area contributed by atoms with Crippen LogP contribution in [-0.2, 0) is 4.79 Å². The third-order valence-corrected chi connectivity index (χ3v) is 3.47. The van der Waals surface area contributed by atoms with Crippen molar-refractivity contribution in [1.29, 1.82) is 0 Å². The Bertz CT molecular complexity index is 957. The predicted octanol–water partition coefficient (Wildman–Crippen LogP) is 3.11. The minimum absolute atomic E-state index is 0.0966. The first-order chi connectivity index (χ1) is 11.8. The van der Waals surface area contributed by atoms with Crippen LogP contribution < -0.4 is 5.32 Å². The number of pyridine rings is 1. The molecule has 0 aliphatic carbocycles. The first-order valence-corrected chi connectivity index (χ1v) is 7.76. The zero-order valence-corrected chi connectivity index (χ0v) is 13.3. The van der Waals surface area contributed by atoms with E-state index >= 15 is 0 Å². The second-order valence-corrected chi connectivity index (χ2v) is 5.20. The Morgan fingerprint density at radius 2 is 2.21 bits per heavy atom. The molecule has 24 heavy (non-hydrogen) atoms. The fourth-order valence-electron chi connectivity index (χ4n) is 2.33. The number of nitrogens with one attached hydrogen (secondary N) is 2. The van der Waals surface area contributed by atoms with Gasteiger partial charge in [0.2, 0.25) is 5.91 Å². The van der Waals surface area contributed by atoms with Gasteiger partial charge < -0.3 is 10.3 Å². The predicted molar refractivity (Wildman–Crippen MR) is 96.2 cm³/mol. The molecule has 0 aliphatic heterocycles. The van der Waals surface area contributed by atoms with Crippen molar-refractivity contribution < 1.29 is 4.79 Å². The van der Waals surface area contributed by atoms with E-state index in [1.165, 1.54) is 6.08 Å². The van der Waals surface area contributed by atoms with Crippen molar-refractivity contribution in [3.63, 3.8) is 0 Å². The Kier molecular flexibility index (Phi) is 4.73. The first-order valence-electron chi connectivity index (χ1n) is 7.76. The molecule has 1 aromatic carbocycles. The number of likely N-dealkylation sites (N-methyl/N-ethyl adjacent to an activating group) is 1. The zero-order chi connectivity index (χ0) is 16.8. The highest BCUT2D eigenvalue weighted by molar-refractivity contribution is 5.91. The number of carbonyl (C=O) groups excluding carboxylic acids is 1. The van der Waals surface area contributed by atoms with Crippen LogP contribution in [0.1, 0.15) is 23.6 Å². The Hall–Kier alpha value is -3.32. The summed E-state index contributed by atoms with van der Waals surface area (Å²) in [6.45, 7) is 2.51. The van der Waals surface area contributed by atoms with Crippen molar-refractivity contribution in [1.82, 2.24) is 15.3 Å². The van der Waals surface area contributed by atoms with E-state index in [2.05, 4.69) is 27.1 Å². The lowest BCUT2D eigenvalue weighted by Gasteiger charge is -1.97. The number of nitrogens with zero attached hydrogens (tertiary/aromatic N) is 1. The summed E-state index contributed by atoms with van der Waals surface area (Å²) in [6.07, 6.45) is 6.92. The molecule has 0 fully saturated rings. The van der Waals surface area contributed by atoms with E-state index in [0.29, 0.717) is 6.54 Å². The van der Waals surface area contributed by atoms with Crippen LogP contribution >= 0.6 is 0 Å². The van der Waals surface area contributed by atoms with Gasteiger partial charge in [0.1, 0.15) is 5.65 Å². The summed E-state index contributed by atoms with van der Waals surface area (Å²) in [5.74, 6) is 6.26. The number of hydrogen-bond acceptors (Lipinski definition) is 2. The van der Waals surface area contributed by atoms with E-state index in [1.807, 2.05) is 49.5 Å². The largest absolute Gasteiger partial charge is 0.353 e. The monoisotopic (exact) mass is 315 g/mol. The number of aromatic nitrogens is 2. The molecule has 4 nitrogen and oxygen atoms in total. The summed E-state index contributed by atoms with van der Waals surface area (Å²) in [7, 11) is 0. The van der Waals surface area contributed by atoms with Crippen LogP contribution in [0.15, 0.2) is 54.9 Å². The summed E-state index contributed by atoms with van der Waals surface area (Å²) in [4.78, 5) is 18.8. The molecule has 0 aliphatic rings. The maximum absolute atomic E-state index is 11.5. The second kappa shape index (κ2) is 7.30. The van der Waals surface area contributed by atoms with Crippen molar-refractivity contribution in [2.75, 3.05) is 6.54 Å². The van der Waals surface area contributed by atoms with Gasteiger partial charge in [-0.2, -0.15) is 0 Å². The molecule has 2 heterocycles. The lowest BCUT2D eigenvalue weighted by Crippen LogP contribution is -2.19. The number of rotatable bonds is 3. The lowest BCUT2D eigenvalue weighted by molar-refractivity contribution is -0.116. The average molecular weight is 315 g/mol. The van der Waals surface area contributed by atoms with Gasteiger partial charge in [-0.05, 0) is 42.8 Å². The third kappa shape index (κ3) is 3.71. The summed E-state index contributed by atoms with van der Waals surface area (Å²) < 4.78 is 0. The Morgan fingerprint density at radius 1 is 1.29 bits per heavy atom. The van der Waals surface area contributed by atoms with Crippen molar-refractivity contribution in [3.8, 4) is 11.8 Å². The number of fused-ring (bicyclic) bond motifs is 1. The SMILES string of the molecule is CCNC(=O)/C=C/c1cccc(C#Cc2ccnc3[nH]ccc23)c1. The lowest BCUT2D eigenvalue weighted by atomic mass is 10.1. The number of aromatic amines is 1. The van der Waals surface area contributed by atoms with Crippen molar-refractivity contribution in [2.24, 2.45) is 0 Å². The minimum Gasteiger partial charge on any atom is -0.353 e. The number of carbonyl (C=O) groups is 1. The molecule has 3 rings (SSSR count). The average Bonchev–Trinajstić information content (AvgIpc) is 3.08. The second-order valence-electron chi connectivity index (χ2n) is 5.20. The first kappa shape index (κ1) is 15.6. The highest BCUT2D eigenvalue weighted by Gasteiger charge is 1.99. The van der Waals surface area contributed by atoms with E-state index in [4.69, 9.17) is 0 Å². The molecule has 0 bridgehead atoms. The molecule has 2 N–H and O–H groups in total. The molecule has 0 unspecified atom stereocenters. The van der Waals surface area contributed by atoms with Crippen LogP contribution in [0.2, 0.25) is 0 Å². The van der Waals surface area contributed by atoms with Gasteiger partial charge in [-0.1, -0.05) is 24.0 Å². The van der Waals surface area contributed by atoms with Crippen LogP contribution in [-0.4, -0.2) is 22.4 Å². The Balaban J connectivity index is 1.83. The van der Waals surface area contributed by atoms with E-state index in [1.54, 1.807) is 12.3 Å². The molecule has 118 valence electrons. The van der Waals surface area contributed by atoms with E-state index in [-0.39, 0.29) is 5.91 Å². The van der Waals surface area contributed by atoms with E-state index in [0.717, 1.165) is 27.7 Å². The Morgan fingerprint density at radius 3 is 3.08 bits per heavy atom. The van der Waals surface area contributed by atoms with E-state index < -0.39 is 0 Å². The van der Waals surface area contributed by atoms with Crippen LogP contribution in [0.3, 0.4) is 0 Å². The third-order valence-electron chi connectivity index (χ3n) is 3.47. The standard InChI is InChI=1S/C20H17N3O/c1-2-21-19(24)9-7-16-5-3-4-15(14-16)6-8-17-10-12-22-20-18(17)11-13-23-20/h3-5,7,9-14H,2H2,1H3,(H,21,24)(H,22,23)/b9-7+. The molecule has 0 spiro atoms. The van der Waals surface area contributed by atoms with Crippen molar-refractivity contribution in [3.05, 3.63) is 71.6 Å². The summed E-state index contributed by atoms with van der Waals surface area (Å²) in [6, 6.07) is 11.7. The normalized spacial score (nSPS) is 10.5. The van der Waals surface area contributed by atoms with Gasteiger partial charge in [0.15, 0.2) is 0 Å². The Labute approximate surface area is 140 Å². The number of H-pyrrole nitrogens is 1. The van der Waals surface area contributed by atoms with Gasteiger partial charge in [0, 0.05) is 41.5 Å². The number of benzene rings is 1. The van der Waals surface area contributed by atoms with Crippen LogP contribution in [0.5, 0.6) is 0 Å². The highest BCUT2D eigenvalue weighted by atomic mass is 16.1. The van der Waals surface area contributed by atoms with E-state index in [9.17, 15) is 4.79 Å². The maximum Gasteiger partial charge on any atom is 0.243 e. The zero-order valence-electron chi connectivity index (χ0n) is 13.3. The molecule has 4 heteroatoms. The van der Waals surface area contributed by atoms with Gasteiger partial charge in [-0.25, -0.2) is 4.98 Å². The van der Waals surface area contributed by atoms with Gasteiger partial charge in [0.25, 0.3) is 0 Å². The smallest absolute Gasteiger partial charge is 0.243 e. The molecular weight excluding hydrogens is 298 g/mol. The van der Waals surface area contributed by atoms with Gasteiger partial charge >= 0.3 is 0 Å². The topological polar surface area (TPSA) is 57.8 Å². The quantitative estimate of drug-likeness (QED) is 0.576. The maximum atomic E-state index is 11.5. The fourth-order valence-corrected chi connectivity index (χ4v) is 2.33. The summed E-state index contributed by atoms with van der Waals surface area (Å²) >= 11 is 0. The molecule has 2 aromatic heterocycles. The molecule has 3 aromatic rings. The molecule has 0 saturated heterocycles. The summed E-state index contributed by atoms with van der Waals surface area (Å²) in [5.41, 5.74) is 3.60. The molecule has 1 amide bonds.